The highest BCUT2D eigenvalue weighted by atomic mass is 35.5. The number of nitrogens with one attached hydrogen (secondary N) is 1. The van der Waals surface area contributed by atoms with E-state index >= 15 is 0 Å². The van der Waals surface area contributed by atoms with Gasteiger partial charge in [-0.25, -0.2) is 4.79 Å². The first-order chi connectivity index (χ1) is 11.0. The van der Waals surface area contributed by atoms with Gasteiger partial charge in [0.15, 0.2) is 11.5 Å². The van der Waals surface area contributed by atoms with E-state index in [2.05, 4.69) is 5.32 Å². The third-order valence-corrected chi connectivity index (χ3v) is 3.80. The number of benzene rings is 2. The summed E-state index contributed by atoms with van der Waals surface area (Å²) < 4.78 is 10.4. The highest BCUT2D eigenvalue weighted by molar-refractivity contribution is 6.33. The van der Waals surface area contributed by atoms with Crippen LogP contribution in [0.3, 0.4) is 0 Å². The lowest BCUT2D eigenvalue weighted by Gasteiger charge is -2.13. The Morgan fingerprint density at radius 2 is 1.87 bits per heavy atom. The minimum Gasteiger partial charge on any atom is -0.493 e. The highest BCUT2D eigenvalue weighted by Crippen LogP contribution is 2.36. The van der Waals surface area contributed by atoms with Crippen LogP contribution in [0, 0.1) is 0 Å². The topological polar surface area (TPSA) is 67.8 Å². The minimum absolute atomic E-state index is 0.0435. The van der Waals surface area contributed by atoms with Crippen LogP contribution in [0.2, 0.25) is 10.0 Å². The number of ether oxygens (including phenoxy) is 2. The van der Waals surface area contributed by atoms with Crippen LogP contribution in [-0.2, 0) is 6.54 Å². The molecule has 0 aliphatic carbocycles. The van der Waals surface area contributed by atoms with Crippen LogP contribution in [0.25, 0.3) is 0 Å². The fourth-order valence-electron chi connectivity index (χ4n) is 2.08. The molecule has 0 atom stereocenters. The van der Waals surface area contributed by atoms with Crippen LogP contribution in [0.4, 0.5) is 5.69 Å². The second-order valence-electron chi connectivity index (χ2n) is 4.67. The summed E-state index contributed by atoms with van der Waals surface area (Å²) in [5, 5.41) is 12.8. The third kappa shape index (κ3) is 4.00. The van der Waals surface area contributed by atoms with Crippen molar-refractivity contribution in [1.82, 2.24) is 0 Å². The number of carboxylic acids is 1. The van der Waals surface area contributed by atoms with E-state index in [0.717, 1.165) is 5.56 Å². The molecule has 23 heavy (non-hydrogen) atoms. The molecular weight excluding hydrogens is 341 g/mol. The lowest BCUT2D eigenvalue weighted by molar-refractivity contribution is 0.0697. The Morgan fingerprint density at radius 3 is 2.48 bits per heavy atom. The summed E-state index contributed by atoms with van der Waals surface area (Å²) in [7, 11) is 3.05. The molecule has 0 aromatic heterocycles. The average Bonchev–Trinajstić information content (AvgIpc) is 2.53. The third-order valence-electron chi connectivity index (χ3n) is 3.19. The van der Waals surface area contributed by atoms with Crippen LogP contribution < -0.4 is 14.8 Å². The molecule has 0 bridgehead atoms. The Labute approximate surface area is 143 Å². The normalized spacial score (nSPS) is 10.3. The van der Waals surface area contributed by atoms with Crippen molar-refractivity contribution >= 4 is 34.9 Å². The van der Waals surface area contributed by atoms with E-state index in [0.29, 0.717) is 28.8 Å². The fourth-order valence-corrected chi connectivity index (χ4v) is 2.59. The van der Waals surface area contributed by atoms with Gasteiger partial charge < -0.3 is 19.9 Å². The zero-order valence-corrected chi connectivity index (χ0v) is 14.0. The summed E-state index contributed by atoms with van der Waals surface area (Å²) >= 11 is 12.0. The fraction of sp³-hybridized carbons (Fsp3) is 0.188. The van der Waals surface area contributed by atoms with Crippen molar-refractivity contribution in [2.45, 2.75) is 6.54 Å². The first-order valence-electron chi connectivity index (χ1n) is 6.63. The lowest BCUT2D eigenvalue weighted by Crippen LogP contribution is -2.03. The van der Waals surface area contributed by atoms with E-state index in [4.69, 9.17) is 37.8 Å². The van der Waals surface area contributed by atoms with Crippen molar-refractivity contribution in [3.05, 3.63) is 51.5 Å². The maximum absolute atomic E-state index is 11.1. The van der Waals surface area contributed by atoms with Crippen molar-refractivity contribution in [2.24, 2.45) is 0 Å². The smallest absolute Gasteiger partial charge is 0.337 e. The summed E-state index contributed by atoms with van der Waals surface area (Å²) in [6.07, 6.45) is 0. The number of carboxylic acid groups (broad SMARTS) is 1. The molecule has 7 heteroatoms. The van der Waals surface area contributed by atoms with Gasteiger partial charge in [-0.1, -0.05) is 23.2 Å². The first kappa shape index (κ1) is 17.2. The molecule has 0 aliphatic heterocycles. The Balaban J connectivity index is 2.20. The number of halogens is 2. The van der Waals surface area contributed by atoms with Crippen LogP contribution in [0.15, 0.2) is 30.3 Å². The Bertz CT molecular complexity index is 734. The van der Waals surface area contributed by atoms with E-state index < -0.39 is 5.97 Å². The van der Waals surface area contributed by atoms with Crippen LogP contribution in [-0.4, -0.2) is 25.3 Å². The molecule has 0 fully saturated rings. The van der Waals surface area contributed by atoms with Crippen molar-refractivity contribution in [3.63, 3.8) is 0 Å². The molecule has 0 spiro atoms. The molecule has 2 aromatic carbocycles. The van der Waals surface area contributed by atoms with Crippen LogP contribution in [0.5, 0.6) is 11.5 Å². The highest BCUT2D eigenvalue weighted by Gasteiger charge is 2.12. The molecular formula is C16H15Cl2NO4. The predicted molar refractivity (Wildman–Crippen MR) is 90.3 cm³/mol. The molecule has 0 saturated carbocycles. The molecule has 0 radical (unpaired) electrons. The first-order valence-corrected chi connectivity index (χ1v) is 7.39. The monoisotopic (exact) mass is 355 g/mol. The van der Waals surface area contributed by atoms with E-state index in [1.54, 1.807) is 18.2 Å². The second-order valence-corrected chi connectivity index (χ2v) is 5.48. The average molecular weight is 356 g/mol. The Kier molecular flexibility index (Phi) is 5.58. The van der Waals surface area contributed by atoms with Gasteiger partial charge in [-0.3, -0.25) is 0 Å². The van der Waals surface area contributed by atoms with Crippen molar-refractivity contribution in [1.29, 1.82) is 0 Å². The number of aromatic carboxylic acids is 1. The molecule has 0 aliphatic rings. The standard InChI is InChI=1S/C16H15Cl2NO4/c1-22-14-6-9(5-13(18)15(14)23-2)8-19-10-3-4-12(17)11(7-10)16(20)21/h3-7,19H,8H2,1-2H3,(H,20,21). The molecule has 0 saturated heterocycles. The van der Waals surface area contributed by atoms with Gasteiger partial charge in [-0.2, -0.15) is 0 Å². The van der Waals surface area contributed by atoms with Gasteiger partial charge in [0.1, 0.15) is 0 Å². The minimum atomic E-state index is -1.08. The number of hydrogen-bond acceptors (Lipinski definition) is 4. The molecule has 122 valence electrons. The summed E-state index contributed by atoms with van der Waals surface area (Å²) in [6, 6.07) is 8.27. The summed E-state index contributed by atoms with van der Waals surface area (Å²) in [4.78, 5) is 11.1. The van der Waals surface area contributed by atoms with Crippen LogP contribution >= 0.6 is 23.2 Å². The summed E-state index contributed by atoms with van der Waals surface area (Å²) in [5.41, 5.74) is 1.54. The molecule has 2 aromatic rings. The van der Waals surface area contributed by atoms with Gasteiger partial charge in [0.2, 0.25) is 0 Å². The van der Waals surface area contributed by atoms with E-state index in [9.17, 15) is 4.79 Å². The van der Waals surface area contributed by atoms with E-state index in [1.807, 2.05) is 0 Å². The Morgan fingerprint density at radius 1 is 1.13 bits per heavy atom. The van der Waals surface area contributed by atoms with Crippen molar-refractivity contribution in [2.75, 3.05) is 19.5 Å². The van der Waals surface area contributed by atoms with Gasteiger partial charge in [0, 0.05) is 12.2 Å². The lowest BCUT2D eigenvalue weighted by atomic mass is 10.1. The maximum Gasteiger partial charge on any atom is 0.337 e. The molecule has 5 nitrogen and oxygen atoms in total. The van der Waals surface area contributed by atoms with Gasteiger partial charge in [-0.15, -0.1) is 0 Å². The largest absolute Gasteiger partial charge is 0.493 e. The molecule has 0 unspecified atom stereocenters. The predicted octanol–water partition coefficient (Wildman–Crippen LogP) is 4.32. The second kappa shape index (κ2) is 7.44. The van der Waals surface area contributed by atoms with Crippen LogP contribution in [0.1, 0.15) is 15.9 Å². The van der Waals surface area contributed by atoms with Crippen molar-refractivity contribution in [3.8, 4) is 11.5 Å². The van der Waals surface area contributed by atoms with Gasteiger partial charge in [-0.05, 0) is 35.9 Å². The van der Waals surface area contributed by atoms with E-state index in [-0.39, 0.29) is 10.6 Å². The van der Waals surface area contributed by atoms with Gasteiger partial charge in [0.25, 0.3) is 0 Å². The number of carbonyl (C=O) groups is 1. The van der Waals surface area contributed by atoms with Crippen molar-refractivity contribution < 1.29 is 19.4 Å². The number of methoxy groups -OCH3 is 2. The summed E-state index contributed by atoms with van der Waals surface area (Å²) in [5.74, 6) is -0.0792. The number of hydrogen-bond donors (Lipinski definition) is 2. The number of anilines is 1. The van der Waals surface area contributed by atoms with Gasteiger partial charge in [0.05, 0.1) is 29.8 Å². The SMILES string of the molecule is COc1cc(CNc2ccc(Cl)c(C(=O)O)c2)cc(Cl)c1OC. The Hall–Kier alpha value is -2.11. The van der Waals surface area contributed by atoms with E-state index in [1.165, 1.54) is 26.4 Å². The molecule has 0 amide bonds. The maximum atomic E-state index is 11.1. The summed E-state index contributed by atoms with van der Waals surface area (Å²) in [6.45, 7) is 0.431. The number of rotatable bonds is 6. The zero-order valence-electron chi connectivity index (χ0n) is 12.5. The zero-order chi connectivity index (χ0) is 17.0. The molecule has 0 heterocycles. The quantitative estimate of drug-likeness (QED) is 0.807. The van der Waals surface area contributed by atoms with Gasteiger partial charge >= 0.3 is 5.97 Å². The molecule has 2 rings (SSSR count). The molecule has 2 N–H and O–H groups in total.